The number of hydrogen-bond acceptors (Lipinski definition) is 5. The average molecular weight is 440 g/mol. The number of aromatic nitrogens is 3. The van der Waals surface area contributed by atoms with E-state index in [2.05, 4.69) is 4.98 Å². The molecule has 1 aliphatic rings. The summed E-state index contributed by atoms with van der Waals surface area (Å²) in [6, 6.07) is 15.6. The highest BCUT2D eigenvalue weighted by molar-refractivity contribution is 7.99. The molecule has 1 aliphatic heterocycles. The van der Waals surface area contributed by atoms with Gasteiger partial charge in [-0.1, -0.05) is 37.7 Å². The molecule has 6 nitrogen and oxygen atoms in total. The molecule has 0 saturated carbocycles. The number of hydrogen-bond donors (Lipinski definition) is 1. The van der Waals surface area contributed by atoms with E-state index in [-0.39, 0.29) is 11.5 Å². The number of amides is 1. The van der Waals surface area contributed by atoms with Crippen molar-refractivity contribution in [2.45, 2.75) is 36.5 Å². The third-order valence-corrected chi connectivity index (χ3v) is 6.51. The van der Waals surface area contributed by atoms with E-state index in [1.165, 1.54) is 11.8 Å². The Bertz CT molecular complexity index is 1140. The van der Waals surface area contributed by atoms with Crippen molar-refractivity contribution >= 4 is 35.1 Å². The van der Waals surface area contributed by atoms with Crippen molar-refractivity contribution in [2.24, 2.45) is 0 Å². The van der Waals surface area contributed by atoms with Crippen LogP contribution in [0.3, 0.4) is 0 Å². The molecule has 1 amide bonds. The number of fused-ring (bicyclic) bond motifs is 3. The van der Waals surface area contributed by atoms with E-state index in [4.69, 9.17) is 5.10 Å². The van der Waals surface area contributed by atoms with Crippen LogP contribution in [-0.2, 0) is 4.79 Å². The number of carbonyl (C=O) groups is 1. The van der Waals surface area contributed by atoms with Gasteiger partial charge in [0.05, 0.1) is 11.3 Å². The van der Waals surface area contributed by atoms with Crippen LogP contribution in [-0.4, -0.2) is 28.0 Å². The van der Waals surface area contributed by atoms with Crippen LogP contribution in [0.25, 0.3) is 11.3 Å². The highest BCUT2D eigenvalue weighted by Crippen LogP contribution is 2.37. The van der Waals surface area contributed by atoms with Crippen molar-refractivity contribution < 1.29 is 9.48 Å². The summed E-state index contributed by atoms with van der Waals surface area (Å²) in [6.07, 6.45) is 1.85. The number of rotatable bonds is 5. The zero-order valence-corrected chi connectivity index (χ0v) is 18.7. The van der Waals surface area contributed by atoms with Gasteiger partial charge < -0.3 is 0 Å². The Balaban J connectivity index is 2.03. The maximum absolute atomic E-state index is 13.1. The van der Waals surface area contributed by atoms with Gasteiger partial charge in [-0.25, -0.2) is 4.90 Å². The van der Waals surface area contributed by atoms with E-state index < -0.39 is 6.17 Å². The predicted octanol–water partition coefficient (Wildman–Crippen LogP) is 3.86. The molecule has 1 atom stereocenters. The zero-order valence-electron chi connectivity index (χ0n) is 17.1. The Morgan fingerprint density at radius 3 is 2.57 bits per heavy atom. The van der Waals surface area contributed by atoms with Crippen LogP contribution in [0, 0.1) is 0 Å². The second-order valence-corrected chi connectivity index (χ2v) is 8.90. The Kier molecular flexibility index (Phi) is 5.97. The van der Waals surface area contributed by atoms with E-state index in [1.807, 2.05) is 68.6 Å². The first-order valence-corrected chi connectivity index (χ1v) is 12.0. The van der Waals surface area contributed by atoms with Crippen LogP contribution >= 0.6 is 23.5 Å². The molecule has 0 fully saturated rings. The molecular formula is C22H23N4O2S2+. The molecule has 0 radical (unpaired) electrons. The third kappa shape index (κ3) is 3.54. The number of anilines is 1. The van der Waals surface area contributed by atoms with Crippen molar-refractivity contribution in [3.8, 4) is 11.3 Å². The fraction of sp³-hybridized carbons (Fsp3) is 0.273. The smallest absolute Gasteiger partial charge is 0.291 e. The number of carbonyl (C=O) groups excluding carboxylic acids is 1. The van der Waals surface area contributed by atoms with Crippen molar-refractivity contribution in [2.75, 3.05) is 16.9 Å². The van der Waals surface area contributed by atoms with Gasteiger partial charge in [-0.15, -0.1) is 11.8 Å². The SMILES string of the molecule is CCSc1n[n+]2c(c(=O)[nH]1)-c1ccccc1N(C(=O)CC)[C@H]2c1ccc(SC)cc1. The van der Waals surface area contributed by atoms with Gasteiger partial charge in [0.1, 0.15) is 0 Å². The lowest BCUT2D eigenvalue weighted by Gasteiger charge is -2.32. The quantitative estimate of drug-likeness (QED) is 0.483. The molecule has 3 aromatic rings. The fourth-order valence-electron chi connectivity index (χ4n) is 3.69. The molecular weight excluding hydrogens is 416 g/mol. The van der Waals surface area contributed by atoms with Crippen LogP contribution in [0.15, 0.2) is 63.4 Å². The van der Waals surface area contributed by atoms with Crippen molar-refractivity contribution in [1.29, 1.82) is 0 Å². The maximum Gasteiger partial charge on any atom is 0.325 e. The molecule has 1 aromatic heterocycles. The predicted molar refractivity (Wildman–Crippen MR) is 121 cm³/mol. The number of para-hydroxylation sites is 1. The van der Waals surface area contributed by atoms with Gasteiger partial charge in [0.15, 0.2) is 0 Å². The van der Waals surface area contributed by atoms with Crippen LogP contribution in [0.4, 0.5) is 5.69 Å². The molecule has 0 unspecified atom stereocenters. The van der Waals surface area contributed by atoms with E-state index in [0.29, 0.717) is 22.8 Å². The first-order chi connectivity index (χ1) is 14.6. The number of aromatic amines is 1. The molecule has 1 N–H and O–H groups in total. The van der Waals surface area contributed by atoms with E-state index >= 15 is 0 Å². The van der Waals surface area contributed by atoms with Gasteiger partial charge in [-0.2, -0.15) is 0 Å². The molecule has 0 aliphatic carbocycles. The van der Waals surface area contributed by atoms with Crippen molar-refractivity contribution in [3.63, 3.8) is 0 Å². The molecule has 4 rings (SSSR count). The molecule has 2 aromatic carbocycles. The topological polar surface area (TPSA) is 69.9 Å². The normalized spacial score (nSPS) is 14.9. The Morgan fingerprint density at radius 2 is 1.90 bits per heavy atom. The maximum atomic E-state index is 13.1. The van der Waals surface area contributed by atoms with Gasteiger partial charge >= 0.3 is 11.3 Å². The molecule has 30 heavy (non-hydrogen) atoms. The summed E-state index contributed by atoms with van der Waals surface area (Å²) in [7, 11) is 0. The first kappa shape index (κ1) is 20.7. The molecule has 0 saturated heterocycles. The molecule has 154 valence electrons. The van der Waals surface area contributed by atoms with Crippen LogP contribution < -0.4 is 15.1 Å². The van der Waals surface area contributed by atoms with E-state index in [0.717, 1.165) is 21.9 Å². The summed E-state index contributed by atoms with van der Waals surface area (Å²) < 4.78 is 1.71. The highest BCUT2D eigenvalue weighted by atomic mass is 32.2. The van der Waals surface area contributed by atoms with Gasteiger partial charge in [0.25, 0.3) is 6.17 Å². The van der Waals surface area contributed by atoms with Crippen LogP contribution in [0.2, 0.25) is 0 Å². The Hall–Kier alpha value is -2.58. The van der Waals surface area contributed by atoms with Crippen molar-refractivity contribution in [1.82, 2.24) is 10.1 Å². The average Bonchev–Trinajstić information content (AvgIpc) is 2.77. The third-order valence-electron chi connectivity index (χ3n) is 5.02. The fourth-order valence-corrected chi connectivity index (χ4v) is 4.68. The summed E-state index contributed by atoms with van der Waals surface area (Å²) in [5.41, 5.74) is 2.60. The van der Waals surface area contributed by atoms with Crippen LogP contribution in [0.1, 0.15) is 32.0 Å². The minimum absolute atomic E-state index is 0.0219. The summed E-state index contributed by atoms with van der Waals surface area (Å²) in [4.78, 5) is 32.0. The lowest BCUT2D eigenvalue weighted by atomic mass is 10.0. The molecule has 0 bridgehead atoms. The standard InChI is InChI=1S/C22H22N4O2S2/c1-4-18(27)25-17-9-7-6-8-16(17)19-20(28)23-22(30-5-2)24-26(19)21(25)14-10-12-15(29-3)13-11-14/h6-13,21H,4-5H2,1-3H3/p+1/t21-/m1/s1. The molecule has 8 heteroatoms. The Morgan fingerprint density at radius 1 is 1.17 bits per heavy atom. The number of H-pyrrole nitrogens is 1. The summed E-state index contributed by atoms with van der Waals surface area (Å²) in [5, 5.41) is 5.30. The number of benzene rings is 2. The minimum Gasteiger partial charge on any atom is -0.291 e. The summed E-state index contributed by atoms with van der Waals surface area (Å²) >= 11 is 3.13. The first-order valence-electron chi connectivity index (χ1n) is 9.83. The largest absolute Gasteiger partial charge is 0.325 e. The highest BCUT2D eigenvalue weighted by Gasteiger charge is 2.45. The van der Waals surface area contributed by atoms with Crippen LogP contribution in [0.5, 0.6) is 0 Å². The van der Waals surface area contributed by atoms with E-state index in [9.17, 15) is 9.59 Å². The van der Waals surface area contributed by atoms with Gasteiger partial charge in [0.2, 0.25) is 11.1 Å². The second kappa shape index (κ2) is 8.65. The van der Waals surface area contributed by atoms with Crippen molar-refractivity contribution in [3.05, 3.63) is 64.4 Å². The minimum atomic E-state index is -0.531. The van der Waals surface area contributed by atoms with Gasteiger partial charge in [-0.3, -0.25) is 14.6 Å². The Labute approximate surface area is 183 Å². The lowest BCUT2D eigenvalue weighted by molar-refractivity contribution is -0.763. The summed E-state index contributed by atoms with van der Waals surface area (Å²) in [6.45, 7) is 3.86. The number of nitrogens with zero attached hydrogens (tertiary/aromatic N) is 3. The van der Waals surface area contributed by atoms with Gasteiger partial charge in [0, 0.05) is 22.0 Å². The number of thioether (sulfide) groups is 2. The zero-order chi connectivity index (χ0) is 21.3. The number of nitrogens with one attached hydrogen (secondary N) is 1. The van der Waals surface area contributed by atoms with E-state index in [1.54, 1.807) is 21.3 Å². The summed E-state index contributed by atoms with van der Waals surface area (Å²) in [5.74, 6) is 0.759. The lowest BCUT2D eigenvalue weighted by Crippen LogP contribution is -2.60. The van der Waals surface area contributed by atoms with Gasteiger partial charge in [-0.05, 0) is 53.1 Å². The molecule has 0 spiro atoms. The second-order valence-electron chi connectivity index (χ2n) is 6.77. The molecule has 2 heterocycles. The monoisotopic (exact) mass is 439 g/mol.